The van der Waals surface area contributed by atoms with Crippen molar-refractivity contribution >= 4 is 21.7 Å². The van der Waals surface area contributed by atoms with Crippen LogP contribution in [0, 0.1) is 0 Å². The Kier molecular flexibility index (Phi) is 6.59. The average molecular weight is 416 g/mol. The number of nitrogens with zero attached hydrogens (tertiary/aromatic N) is 1. The third-order valence-corrected chi connectivity index (χ3v) is 6.91. The summed E-state index contributed by atoms with van der Waals surface area (Å²) < 4.78 is 33.6. The van der Waals surface area contributed by atoms with Gasteiger partial charge in [-0.15, -0.1) is 0 Å². The fraction of sp³-hybridized carbons (Fsp3) is 0.318. The lowest BCUT2D eigenvalue weighted by atomic mass is 9.97. The lowest BCUT2D eigenvalue weighted by Gasteiger charge is -2.27. The largest absolute Gasteiger partial charge is 0.495 e. The van der Waals surface area contributed by atoms with E-state index in [4.69, 9.17) is 4.74 Å². The van der Waals surface area contributed by atoms with Crippen LogP contribution in [0.15, 0.2) is 65.1 Å². The molecule has 1 aliphatic rings. The van der Waals surface area contributed by atoms with Crippen molar-refractivity contribution in [3.8, 4) is 5.75 Å². The van der Waals surface area contributed by atoms with Crippen molar-refractivity contribution in [2.24, 2.45) is 0 Å². The normalized spacial score (nSPS) is 14.2. The lowest BCUT2D eigenvalue weighted by Crippen LogP contribution is -2.34. The molecule has 0 aromatic heterocycles. The molecule has 0 saturated heterocycles. The van der Waals surface area contributed by atoms with E-state index in [1.165, 1.54) is 35.2 Å². The number of hydrogen-bond acceptors (Lipinski definition) is 4. The summed E-state index contributed by atoms with van der Waals surface area (Å²) >= 11 is 0. The molecule has 6 nitrogen and oxygen atoms in total. The second-order valence-electron chi connectivity index (χ2n) is 6.91. The molecule has 154 valence electrons. The molecule has 2 aromatic rings. The summed E-state index contributed by atoms with van der Waals surface area (Å²) in [7, 11) is -2.62. The fourth-order valence-corrected chi connectivity index (χ4v) is 5.21. The number of methoxy groups -OCH3 is 1. The van der Waals surface area contributed by atoms with Gasteiger partial charge in [-0.3, -0.25) is 4.31 Å². The Labute approximate surface area is 171 Å². The second kappa shape index (κ2) is 9.13. The van der Waals surface area contributed by atoms with Gasteiger partial charge >= 0.3 is 5.97 Å². The first kappa shape index (κ1) is 20.9. The van der Waals surface area contributed by atoms with Gasteiger partial charge in [0.15, 0.2) is 0 Å². The number of anilines is 1. The van der Waals surface area contributed by atoms with Crippen molar-refractivity contribution in [2.45, 2.75) is 37.0 Å². The highest BCUT2D eigenvalue weighted by atomic mass is 32.2. The van der Waals surface area contributed by atoms with E-state index in [1.54, 1.807) is 30.3 Å². The van der Waals surface area contributed by atoms with Gasteiger partial charge in [0.1, 0.15) is 10.6 Å². The molecule has 0 amide bonds. The maximum absolute atomic E-state index is 13.6. The summed E-state index contributed by atoms with van der Waals surface area (Å²) in [4.78, 5) is 11.8. The highest BCUT2D eigenvalue weighted by molar-refractivity contribution is 7.93. The summed E-state index contributed by atoms with van der Waals surface area (Å²) in [5.41, 5.74) is 1.31. The molecule has 0 fully saturated rings. The molecule has 2 aromatic carbocycles. The van der Waals surface area contributed by atoms with Crippen LogP contribution in [0.5, 0.6) is 5.75 Å². The van der Waals surface area contributed by atoms with E-state index in [-0.39, 0.29) is 28.4 Å². The zero-order valence-electron chi connectivity index (χ0n) is 16.4. The number of ether oxygens (including phenoxy) is 1. The van der Waals surface area contributed by atoms with Crippen molar-refractivity contribution in [3.05, 3.63) is 65.7 Å². The summed E-state index contributed by atoms with van der Waals surface area (Å²) in [6.07, 6.45) is 6.91. The minimum atomic E-state index is -4.04. The lowest BCUT2D eigenvalue weighted by molar-refractivity contribution is 0.0697. The first-order valence-electron chi connectivity index (χ1n) is 9.61. The molecule has 29 heavy (non-hydrogen) atoms. The quantitative estimate of drug-likeness (QED) is 0.643. The third-order valence-electron chi connectivity index (χ3n) is 5.06. The predicted molar refractivity (Wildman–Crippen MR) is 112 cm³/mol. The minimum absolute atomic E-state index is 0.0142. The number of allylic oxidation sites excluding steroid dienone is 1. The van der Waals surface area contributed by atoms with Gasteiger partial charge in [-0.05, 0) is 56.4 Å². The number of benzene rings is 2. The molecule has 0 unspecified atom stereocenters. The van der Waals surface area contributed by atoms with Crippen LogP contribution in [0.1, 0.15) is 42.5 Å². The van der Waals surface area contributed by atoms with Gasteiger partial charge in [0, 0.05) is 6.54 Å². The van der Waals surface area contributed by atoms with E-state index < -0.39 is 16.0 Å². The van der Waals surface area contributed by atoms with E-state index >= 15 is 0 Å². The number of carbonyl (C=O) groups is 1. The van der Waals surface area contributed by atoms with Crippen molar-refractivity contribution in [1.82, 2.24) is 0 Å². The van der Waals surface area contributed by atoms with Crippen molar-refractivity contribution in [2.75, 3.05) is 18.0 Å². The van der Waals surface area contributed by atoms with E-state index in [1.807, 2.05) is 0 Å². The summed E-state index contributed by atoms with van der Waals surface area (Å²) in [6.45, 7) is 0.163. The highest BCUT2D eigenvalue weighted by Crippen LogP contribution is 2.33. The van der Waals surface area contributed by atoms with Crippen LogP contribution in [0.25, 0.3) is 0 Å². The van der Waals surface area contributed by atoms with Gasteiger partial charge in [-0.1, -0.05) is 35.9 Å². The van der Waals surface area contributed by atoms with E-state index in [0.29, 0.717) is 6.42 Å². The van der Waals surface area contributed by atoms with Gasteiger partial charge in [0.25, 0.3) is 10.0 Å². The molecule has 0 bridgehead atoms. The average Bonchev–Trinajstić information content (AvgIpc) is 2.74. The van der Waals surface area contributed by atoms with Gasteiger partial charge in [-0.2, -0.15) is 0 Å². The Morgan fingerprint density at radius 1 is 1.10 bits per heavy atom. The minimum Gasteiger partial charge on any atom is -0.495 e. The van der Waals surface area contributed by atoms with Gasteiger partial charge in [0.05, 0.1) is 18.4 Å². The summed E-state index contributed by atoms with van der Waals surface area (Å²) in [6, 6.07) is 12.6. The molecule has 0 radical (unpaired) electrons. The smallest absolute Gasteiger partial charge is 0.337 e. The van der Waals surface area contributed by atoms with E-state index in [9.17, 15) is 18.3 Å². The maximum atomic E-state index is 13.6. The van der Waals surface area contributed by atoms with Crippen LogP contribution in [0.4, 0.5) is 5.69 Å². The Balaban J connectivity index is 2.07. The third kappa shape index (κ3) is 4.62. The topological polar surface area (TPSA) is 83.9 Å². The number of carboxylic acids is 1. The first-order valence-corrected chi connectivity index (χ1v) is 11.0. The van der Waals surface area contributed by atoms with Gasteiger partial charge in [0.2, 0.25) is 0 Å². The summed E-state index contributed by atoms with van der Waals surface area (Å²) in [5.74, 6) is -0.945. The number of para-hydroxylation sites is 2. The standard InChI is InChI=1S/C22H25NO5S/c1-28-20-13-7-8-14-21(20)29(26,27)23(16-15-17-9-3-2-4-10-17)19-12-6-5-11-18(19)22(24)25/h5-9,11-14H,2-4,10,15-16H2,1H3,(H,24,25). The van der Waals surface area contributed by atoms with Crippen LogP contribution in [0.2, 0.25) is 0 Å². The van der Waals surface area contributed by atoms with Crippen LogP contribution >= 0.6 is 0 Å². The number of sulfonamides is 1. The molecule has 3 rings (SSSR count). The molecule has 0 atom stereocenters. The van der Waals surface area contributed by atoms with Gasteiger partial charge < -0.3 is 9.84 Å². The molecular weight excluding hydrogens is 390 g/mol. The van der Waals surface area contributed by atoms with Crippen molar-refractivity contribution in [1.29, 1.82) is 0 Å². The van der Waals surface area contributed by atoms with Gasteiger partial charge in [-0.25, -0.2) is 13.2 Å². The Hall–Kier alpha value is -2.80. The molecule has 0 heterocycles. The Morgan fingerprint density at radius 3 is 2.52 bits per heavy atom. The predicted octanol–water partition coefficient (Wildman–Crippen LogP) is 4.48. The number of rotatable bonds is 8. The Morgan fingerprint density at radius 2 is 1.83 bits per heavy atom. The molecule has 0 saturated carbocycles. The summed E-state index contributed by atoms with van der Waals surface area (Å²) in [5, 5.41) is 9.61. The van der Waals surface area contributed by atoms with Crippen molar-refractivity contribution in [3.63, 3.8) is 0 Å². The SMILES string of the molecule is COc1ccccc1S(=O)(=O)N(CCC1=CCCCC1)c1ccccc1C(=O)O. The molecule has 1 aliphatic carbocycles. The van der Waals surface area contributed by atoms with Crippen molar-refractivity contribution < 1.29 is 23.1 Å². The first-order chi connectivity index (χ1) is 13.9. The zero-order chi connectivity index (χ0) is 20.9. The highest BCUT2D eigenvalue weighted by Gasteiger charge is 2.30. The molecule has 7 heteroatoms. The Bertz CT molecular complexity index is 1010. The number of carboxylic acid groups (broad SMARTS) is 1. The molecule has 0 spiro atoms. The zero-order valence-corrected chi connectivity index (χ0v) is 17.2. The van der Waals surface area contributed by atoms with E-state index in [2.05, 4.69) is 6.08 Å². The molecular formula is C22H25NO5S. The van der Waals surface area contributed by atoms with Crippen LogP contribution in [-0.2, 0) is 10.0 Å². The van der Waals surface area contributed by atoms with Crippen LogP contribution in [0.3, 0.4) is 0 Å². The number of hydrogen-bond donors (Lipinski definition) is 1. The second-order valence-corrected chi connectivity index (χ2v) is 8.74. The molecule has 1 N–H and O–H groups in total. The van der Waals surface area contributed by atoms with E-state index in [0.717, 1.165) is 25.7 Å². The van der Waals surface area contributed by atoms with Crippen LogP contribution in [-0.4, -0.2) is 33.1 Å². The van der Waals surface area contributed by atoms with Crippen LogP contribution < -0.4 is 9.04 Å². The maximum Gasteiger partial charge on any atom is 0.337 e. The number of aromatic carboxylic acids is 1. The molecule has 0 aliphatic heterocycles. The fourth-order valence-electron chi connectivity index (χ4n) is 3.57. The monoisotopic (exact) mass is 415 g/mol.